The summed E-state index contributed by atoms with van der Waals surface area (Å²) in [7, 11) is 0. The topological polar surface area (TPSA) is 63.2 Å². The van der Waals surface area contributed by atoms with Gasteiger partial charge >= 0.3 is 0 Å². The van der Waals surface area contributed by atoms with Crippen LogP contribution in [0.5, 0.6) is 0 Å². The summed E-state index contributed by atoms with van der Waals surface area (Å²) in [6.07, 6.45) is 1.26. The zero-order valence-corrected chi connectivity index (χ0v) is 10.8. The first-order chi connectivity index (χ1) is 8.13. The lowest BCUT2D eigenvalue weighted by molar-refractivity contribution is -0.125. The summed E-state index contributed by atoms with van der Waals surface area (Å²) in [5.41, 5.74) is 0.671. The molecule has 1 aliphatic heterocycles. The van der Waals surface area contributed by atoms with Crippen LogP contribution in [0.1, 0.15) is 35.1 Å². The molecule has 0 saturated carbocycles. The second-order valence-corrected chi connectivity index (χ2v) is 5.01. The number of hydrogen-bond acceptors (Lipinski definition) is 5. The lowest BCUT2D eigenvalue weighted by atomic mass is 9.94. The Morgan fingerprint density at radius 3 is 2.94 bits per heavy atom. The SMILES string of the molecule is CCC1CN(C(=O)c2snnc2C)CCC1=O. The Morgan fingerprint density at radius 1 is 1.59 bits per heavy atom. The van der Waals surface area contributed by atoms with Crippen molar-refractivity contribution in [2.45, 2.75) is 26.7 Å². The van der Waals surface area contributed by atoms with Crippen LogP contribution in [0, 0.1) is 12.8 Å². The van der Waals surface area contributed by atoms with Crippen molar-refractivity contribution < 1.29 is 9.59 Å². The number of carbonyl (C=O) groups is 2. The lowest BCUT2D eigenvalue weighted by Gasteiger charge is -2.30. The van der Waals surface area contributed by atoms with Crippen LogP contribution in [-0.2, 0) is 4.79 Å². The number of rotatable bonds is 2. The molecule has 1 amide bonds. The van der Waals surface area contributed by atoms with Gasteiger partial charge < -0.3 is 4.90 Å². The number of ketones is 1. The van der Waals surface area contributed by atoms with Crippen LogP contribution in [0.25, 0.3) is 0 Å². The smallest absolute Gasteiger partial charge is 0.267 e. The van der Waals surface area contributed by atoms with Gasteiger partial charge in [-0.05, 0) is 24.9 Å². The molecular formula is C11H15N3O2S. The average Bonchev–Trinajstić information content (AvgIpc) is 2.75. The predicted molar refractivity (Wildman–Crippen MR) is 64.0 cm³/mol. The van der Waals surface area contributed by atoms with E-state index in [0.717, 1.165) is 18.0 Å². The fourth-order valence-electron chi connectivity index (χ4n) is 2.02. The fourth-order valence-corrected chi connectivity index (χ4v) is 2.65. The summed E-state index contributed by atoms with van der Waals surface area (Å²) in [4.78, 5) is 26.1. The number of aromatic nitrogens is 2. The highest BCUT2D eigenvalue weighted by molar-refractivity contribution is 7.07. The molecule has 2 heterocycles. The van der Waals surface area contributed by atoms with Crippen LogP contribution >= 0.6 is 11.5 Å². The third-order valence-electron chi connectivity index (χ3n) is 3.15. The molecule has 6 heteroatoms. The van der Waals surface area contributed by atoms with E-state index in [1.165, 1.54) is 0 Å². The van der Waals surface area contributed by atoms with Crippen LogP contribution in [-0.4, -0.2) is 39.3 Å². The third-order valence-corrected chi connectivity index (χ3v) is 3.97. The van der Waals surface area contributed by atoms with Gasteiger partial charge in [0.2, 0.25) is 0 Å². The highest BCUT2D eigenvalue weighted by Crippen LogP contribution is 2.20. The average molecular weight is 253 g/mol. The van der Waals surface area contributed by atoms with Gasteiger partial charge in [-0.1, -0.05) is 11.4 Å². The van der Waals surface area contributed by atoms with Gasteiger partial charge in [-0.15, -0.1) is 5.10 Å². The van der Waals surface area contributed by atoms with Gasteiger partial charge in [0.1, 0.15) is 10.7 Å². The molecular weight excluding hydrogens is 238 g/mol. The quantitative estimate of drug-likeness (QED) is 0.796. The maximum atomic E-state index is 12.2. The van der Waals surface area contributed by atoms with Crippen molar-refractivity contribution in [1.82, 2.24) is 14.5 Å². The first-order valence-electron chi connectivity index (χ1n) is 5.74. The number of piperidine rings is 1. The molecule has 1 aliphatic rings. The Kier molecular flexibility index (Phi) is 3.51. The number of Topliss-reactive ketones (excluding diaryl/α,β-unsaturated/α-hetero) is 1. The molecule has 1 fully saturated rings. The van der Waals surface area contributed by atoms with Crippen molar-refractivity contribution in [3.63, 3.8) is 0 Å². The molecule has 1 atom stereocenters. The zero-order chi connectivity index (χ0) is 12.4. The number of nitrogens with zero attached hydrogens (tertiary/aromatic N) is 3. The van der Waals surface area contributed by atoms with Gasteiger partial charge in [0.15, 0.2) is 0 Å². The number of carbonyl (C=O) groups excluding carboxylic acids is 2. The summed E-state index contributed by atoms with van der Waals surface area (Å²) < 4.78 is 3.77. The van der Waals surface area contributed by atoms with Gasteiger partial charge in [0.25, 0.3) is 5.91 Å². The summed E-state index contributed by atoms with van der Waals surface area (Å²) in [5, 5.41) is 3.84. The van der Waals surface area contributed by atoms with E-state index in [2.05, 4.69) is 9.59 Å². The molecule has 1 aromatic rings. The van der Waals surface area contributed by atoms with Crippen LogP contribution < -0.4 is 0 Å². The molecule has 0 N–H and O–H groups in total. The van der Waals surface area contributed by atoms with Crippen LogP contribution in [0.3, 0.4) is 0 Å². The van der Waals surface area contributed by atoms with E-state index in [0.29, 0.717) is 30.1 Å². The Labute approximate surface area is 104 Å². The molecule has 0 aromatic carbocycles. The van der Waals surface area contributed by atoms with Crippen molar-refractivity contribution in [1.29, 1.82) is 0 Å². The molecule has 92 valence electrons. The van der Waals surface area contributed by atoms with Crippen molar-refractivity contribution in [2.24, 2.45) is 5.92 Å². The molecule has 5 nitrogen and oxygen atoms in total. The first kappa shape index (κ1) is 12.2. The molecule has 17 heavy (non-hydrogen) atoms. The number of hydrogen-bond donors (Lipinski definition) is 0. The highest BCUT2D eigenvalue weighted by Gasteiger charge is 2.30. The van der Waals surface area contributed by atoms with Crippen LogP contribution in [0.4, 0.5) is 0 Å². The predicted octanol–water partition coefficient (Wildman–Crippen LogP) is 1.29. The van der Waals surface area contributed by atoms with E-state index in [1.807, 2.05) is 6.92 Å². The molecule has 0 aliphatic carbocycles. The standard InChI is InChI=1S/C11H15N3O2S/c1-3-8-6-14(5-4-9(8)15)11(16)10-7(2)12-13-17-10/h8H,3-6H2,1-2H3. The van der Waals surface area contributed by atoms with Crippen molar-refractivity contribution >= 4 is 23.2 Å². The minimum Gasteiger partial charge on any atom is -0.337 e. The first-order valence-corrected chi connectivity index (χ1v) is 6.51. The van der Waals surface area contributed by atoms with Crippen molar-refractivity contribution in [2.75, 3.05) is 13.1 Å². The Morgan fingerprint density at radius 2 is 2.35 bits per heavy atom. The third kappa shape index (κ3) is 2.36. The molecule has 0 bridgehead atoms. The van der Waals surface area contributed by atoms with Crippen molar-refractivity contribution in [3.05, 3.63) is 10.6 Å². The maximum absolute atomic E-state index is 12.2. The Balaban J connectivity index is 2.11. The second kappa shape index (κ2) is 4.91. The van der Waals surface area contributed by atoms with Gasteiger partial charge in [-0.25, -0.2) is 0 Å². The number of likely N-dealkylation sites (tertiary alicyclic amines) is 1. The summed E-state index contributed by atoms with van der Waals surface area (Å²) in [5.74, 6) is 0.230. The van der Waals surface area contributed by atoms with Gasteiger partial charge in [-0.2, -0.15) is 0 Å². The van der Waals surface area contributed by atoms with E-state index in [9.17, 15) is 9.59 Å². The van der Waals surface area contributed by atoms with E-state index in [4.69, 9.17) is 0 Å². The molecule has 0 spiro atoms. The number of aryl methyl sites for hydroxylation is 1. The molecule has 1 aromatic heterocycles. The lowest BCUT2D eigenvalue weighted by Crippen LogP contribution is -2.43. The monoisotopic (exact) mass is 253 g/mol. The number of amides is 1. The normalized spacial score (nSPS) is 20.7. The van der Waals surface area contributed by atoms with E-state index in [-0.39, 0.29) is 17.6 Å². The summed E-state index contributed by atoms with van der Waals surface area (Å²) in [6, 6.07) is 0. The Bertz CT molecular complexity index is 444. The minimum absolute atomic E-state index is 0.00566. The Hall–Kier alpha value is -1.30. The van der Waals surface area contributed by atoms with Gasteiger partial charge in [0.05, 0.1) is 5.69 Å². The maximum Gasteiger partial charge on any atom is 0.267 e. The van der Waals surface area contributed by atoms with E-state index < -0.39 is 0 Å². The van der Waals surface area contributed by atoms with Gasteiger partial charge in [0, 0.05) is 25.4 Å². The molecule has 1 unspecified atom stereocenters. The molecule has 1 saturated heterocycles. The van der Waals surface area contributed by atoms with Crippen LogP contribution in [0.15, 0.2) is 0 Å². The summed E-state index contributed by atoms with van der Waals surface area (Å²) in [6.45, 7) is 4.82. The molecule has 2 rings (SSSR count). The fraction of sp³-hybridized carbons (Fsp3) is 0.636. The zero-order valence-electron chi connectivity index (χ0n) is 9.97. The molecule has 0 radical (unpaired) electrons. The highest BCUT2D eigenvalue weighted by atomic mass is 32.1. The van der Waals surface area contributed by atoms with Crippen LogP contribution in [0.2, 0.25) is 0 Å². The largest absolute Gasteiger partial charge is 0.337 e. The van der Waals surface area contributed by atoms with E-state index >= 15 is 0 Å². The van der Waals surface area contributed by atoms with Gasteiger partial charge in [-0.3, -0.25) is 9.59 Å². The van der Waals surface area contributed by atoms with E-state index in [1.54, 1.807) is 11.8 Å². The van der Waals surface area contributed by atoms with Crippen molar-refractivity contribution in [3.8, 4) is 0 Å². The minimum atomic E-state index is -0.0385. The summed E-state index contributed by atoms with van der Waals surface area (Å²) >= 11 is 1.12. The second-order valence-electron chi connectivity index (χ2n) is 4.26.